The van der Waals surface area contributed by atoms with Crippen LogP contribution in [0.25, 0.3) is 0 Å². The summed E-state index contributed by atoms with van der Waals surface area (Å²) in [4.78, 5) is 36.1. The summed E-state index contributed by atoms with van der Waals surface area (Å²) in [5.41, 5.74) is 7.15. The first-order chi connectivity index (χ1) is 11.6. The Bertz CT molecular complexity index is 789. The van der Waals surface area contributed by atoms with Crippen molar-refractivity contribution in [2.45, 2.75) is 18.6 Å². The molecule has 0 unspecified atom stereocenters. The van der Waals surface area contributed by atoms with Crippen LogP contribution < -0.4 is 11.1 Å². The van der Waals surface area contributed by atoms with E-state index in [1.165, 1.54) is 0 Å². The van der Waals surface area contributed by atoms with E-state index in [0.717, 1.165) is 5.56 Å². The molecule has 1 aliphatic heterocycles. The van der Waals surface area contributed by atoms with Gasteiger partial charge in [0.2, 0.25) is 5.91 Å². The van der Waals surface area contributed by atoms with Gasteiger partial charge in [-0.2, -0.15) is 0 Å². The van der Waals surface area contributed by atoms with Crippen LogP contribution in [-0.4, -0.2) is 23.9 Å². The number of carbonyl (C=O) groups excluding carboxylic acids is 3. The van der Waals surface area contributed by atoms with Crippen molar-refractivity contribution in [1.82, 2.24) is 5.32 Å². The quantitative estimate of drug-likeness (QED) is 0.823. The molecular formula is C18H16N2O4. The lowest BCUT2D eigenvalue weighted by Gasteiger charge is -2.25. The van der Waals surface area contributed by atoms with E-state index < -0.39 is 29.9 Å². The molecule has 24 heavy (non-hydrogen) atoms. The Morgan fingerprint density at radius 3 is 2.46 bits per heavy atom. The summed E-state index contributed by atoms with van der Waals surface area (Å²) in [5, 5.41) is 2.56. The zero-order valence-corrected chi connectivity index (χ0v) is 12.8. The highest BCUT2D eigenvalue weighted by atomic mass is 16.5. The topological polar surface area (TPSA) is 98.5 Å². The van der Waals surface area contributed by atoms with Crippen LogP contribution in [0.15, 0.2) is 54.6 Å². The van der Waals surface area contributed by atoms with Gasteiger partial charge < -0.3 is 15.8 Å². The van der Waals surface area contributed by atoms with Gasteiger partial charge in [-0.25, -0.2) is 4.79 Å². The molecule has 0 saturated heterocycles. The second-order valence-electron chi connectivity index (χ2n) is 5.51. The first kappa shape index (κ1) is 15.7. The maximum absolute atomic E-state index is 12.4. The van der Waals surface area contributed by atoms with Crippen LogP contribution in [0, 0.1) is 0 Å². The average Bonchev–Trinajstić information content (AvgIpc) is 2.60. The molecule has 6 nitrogen and oxygen atoms in total. The predicted octanol–water partition coefficient (Wildman–Crippen LogP) is 1.11. The maximum Gasteiger partial charge on any atom is 0.339 e. The van der Waals surface area contributed by atoms with Gasteiger partial charge in [0.1, 0.15) is 6.04 Å². The molecule has 2 aromatic carbocycles. The molecule has 3 rings (SSSR count). The Balaban J connectivity index is 1.77. The summed E-state index contributed by atoms with van der Waals surface area (Å²) >= 11 is 0. The largest absolute Gasteiger partial charge is 0.448 e. The molecule has 0 saturated carbocycles. The molecule has 122 valence electrons. The molecule has 0 bridgehead atoms. The van der Waals surface area contributed by atoms with E-state index in [4.69, 9.17) is 10.5 Å². The first-order valence-corrected chi connectivity index (χ1v) is 7.50. The minimum atomic E-state index is -0.988. The Morgan fingerprint density at radius 1 is 1.08 bits per heavy atom. The highest BCUT2D eigenvalue weighted by Crippen LogP contribution is 2.21. The van der Waals surface area contributed by atoms with Crippen LogP contribution in [-0.2, 0) is 20.7 Å². The molecule has 6 heteroatoms. The lowest BCUT2D eigenvalue weighted by atomic mass is 9.98. The number of hydrogen-bond acceptors (Lipinski definition) is 4. The van der Waals surface area contributed by atoms with Crippen LogP contribution in [0.1, 0.15) is 27.5 Å². The van der Waals surface area contributed by atoms with Crippen molar-refractivity contribution in [3.05, 3.63) is 71.3 Å². The number of amides is 2. The van der Waals surface area contributed by atoms with Crippen molar-refractivity contribution in [2.75, 3.05) is 0 Å². The summed E-state index contributed by atoms with van der Waals surface area (Å²) in [6.45, 7) is 0. The maximum atomic E-state index is 12.4. The lowest BCUT2D eigenvalue weighted by Crippen LogP contribution is -2.46. The van der Waals surface area contributed by atoms with Crippen LogP contribution in [0.4, 0.5) is 0 Å². The molecule has 2 atom stereocenters. The number of fused-ring (bicyclic) bond motifs is 1. The van der Waals surface area contributed by atoms with E-state index >= 15 is 0 Å². The van der Waals surface area contributed by atoms with Gasteiger partial charge in [-0.1, -0.05) is 48.5 Å². The number of nitrogens with two attached hydrogens (primary N) is 1. The summed E-state index contributed by atoms with van der Waals surface area (Å²) in [5.74, 6) is -1.78. The van der Waals surface area contributed by atoms with Gasteiger partial charge in [0.25, 0.3) is 5.91 Å². The van der Waals surface area contributed by atoms with E-state index in [-0.39, 0.29) is 6.42 Å². The van der Waals surface area contributed by atoms with E-state index in [0.29, 0.717) is 11.1 Å². The van der Waals surface area contributed by atoms with E-state index in [1.807, 2.05) is 0 Å². The van der Waals surface area contributed by atoms with Crippen LogP contribution in [0.2, 0.25) is 0 Å². The van der Waals surface area contributed by atoms with Crippen LogP contribution in [0.5, 0.6) is 0 Å². The Labute approximate surface area is 138 Å². The van der Waals surface area contributed by atoms with Crippen molar-refractivity contribution in [3.63, 3.8) is 0 Å². The Kier molecular flexibility index (Phi) is 4.29. The third-order valence-electron chi connectivity index (χ3n) is 3.89. The second-order valence-corrected chi connectivity index (χ2v) is 5.51. The minimum absolute atomic E-state index is 0.258. The molecule has 0 fully saturated rings. The fourth-order valence-corrected chi connectivity index (χ4v) is 2.68. The molecule has 3 N–H and O–H groups in total. The van der Waals surface area contributed by atoms with Crippen LogP contribution >= 0.6 is 0 Å². The molecule has 1 aliphatic rings. The van der Waals surface area contributed by atoms with E-state index in [2.05, 4.69) is 5.32 Å². The number of cyclic esters (lactones) is 1. The van der Waals surface area contributed by atoms with Gasteiger partial charge >= 0.3 is 5.97 Å². The second kappa shape index (κ2) is 6.54. The molecule has 0 spiro atoms. The normalized spacial score (nSPS) is 17.3. The van der Waals surface area contributed by atoms with E-state index in [1.54, 1.807) is 54.6 Å². The Hall–Kier alpha value is -3.15. The highest BCUT2D eigenvalue weighted by molar-refractivity contribution is 5.96. The van der Waals surface area contributed by atoms with Crippen molar-refractivity contribution in [1.29, 1.82) is 0 Å². The lowest BCUT2D eigenvalue weighted by molar-refractivity contribution is -0.134. The number of ether oxygens (including phenoxy) is 1. The summed E-state index contributed by atoms with van der Waals surface area (Å²) < 4.78 is 5.19. The minimum Gasteiger partial charge on any atom is -0.448 e. The molecular weight excluding hydrogens is 308 g/mol. The average molecular weight is 324 g/mol. The number of benzene rings is 2. The number of primary amides is 1. The van der Waals surface area contributed by atoms with Crippen LogP contribution in [0.3, 0.4) is 0 Å². The van der Waals surface area contributed by atoms with E-state index in [9.17, 15) is 14.4 Å². The fourth-order valence-electron chi connectivity index (χ4n) is 2.68. The summed E-state index contributed by atoms with van der Waals surface area (Å²) in [6, 6.07) is 14.7. The molecule has 0 radical (unpaired) electrons. The monoisotopic (exact) mass is 324 g/mol. The smallest absolute Gasteiger partial charge is 0.339 e. The number of nitrogens with one attached hydrogen (secondary N) is 1. The fraction of sp³-hybridized carbons (Fsp3) is 0.167. The van der Waals surface area contributed by atoms with Crippen molar-refractivity contribution < 1.29 is 19.1 Å². The van der Waals surface area contributed by atoms with Gasteiger partial charge in [0.15, 0.2) is 6.10 Å². The molecule has 2 amide bonds. The van der Waals surface area contributed by atoms with Crippen molar-refractivity contribution in [3.8, 4) is 0 Å². The first-order valence-electron chi connectivity index (χ1n) is 7.50. The van der Waals surface area contributed by atoms with Gasteiger partial charge in [0.05, 0.1) is 5.56 Å². The van der Waals surface area contributed by atoms with Crippen molar-refractivity contribution in [2.24, 2.45) is 5.73 Å². The zero-order chi connectivity index (χ0) is 17.1. The number of hydrogen-bond donors (Lipinski definition) is 2. The summed E-state index contributed by atoms with van der Waals surface area (Å²) in [6.07, 6.45) is -0.730. The number of esters is 1. The SMILES string of the molecule is NC(=O)[C@@H](NC(=O)[C@@H]1Cc2ccccc2C(=O)O1)c1ccccc1. The highest BCUT2D eigenvalue weighted by Gasteiger charge is 2.33. The summed E-state index contributed by atoms with van der Waals surface area (Å²) in [7, 11) is 0. The van der Waals surface area contributed by atoms with Crippen molar-refractivity contribution >= 4 is 17.8 Å². The van der Waals surface area contributed by atoms with Gasteiger partial charge in [0, 0.05) is 6.42 Å². The standard InChI is InChI=1S/C18H16N2O4/c19-16(21)15(11-6-2-1-3-7-11)20-17(22)14-10-12-8-4-5-9-13(12)18(23)24-14/h1-9,14-15H,10H2,(H2,19,21)(H,20,22)/t14-,15-/m0/s1. The third-order valence-corrected chi connectivity index (χ3v) is 3.89. The Morgan fingerprint density at radius 2 is 1.75 bits per heavy atom. The zero-order valence-electron chi connectivity index (χ0n) is 12.8. The number of rotatable bonds is 4. The van der Waals surface area contributed by atoms with Gasteiger partial charge in [-0.05, 0) is 17.2 Å². The predicted molar refractivity (Wildman–Crippen MR) is 85.9 cm³/mol. The number of carbonyl (C=O) groups is 3. The van der Waals surface area contributed by atoms with Gasteiger partial charge in [-0.3, -0.25) is 9.59 Å². The third kappa shape index (κ3) is 3.12. The molecule has 1 heterocycles. The van der Waals surface area contributed by atoms with Gasteiger partial charge in [-0.15, -0.1) is 0 Å². The molecule has 0 aliphatic carbocycles. The molecule has 2 aromatic rings. The molecule has 0 aromatic heterocycles.